The molecule has 1 aromatic carbocycles. The number of rotatable bonds is 4. The lowest BCUT2D eigenvalue weighted by Gasteiger charge is -2.40. The molecule has 3 aliphatic heterocycles. The largest absolute Gasteiger partial charge is 0.378 e. The van der Waals surface area contributed by atoms with Crippen LogP contribution in [0.3, 0.4) is 0 Å². The van der Waals surface area contributed by atoms with Crippen LogP contribution in [0.5, 0.6) is 0 Å². The SMILES string of the molecule is CC(C(=O)Nc1ccc(N2CCOCC2)cc1)N1CCN(C(=O)N2CCOCC2)CC1. The minimum atomic E-state index is -0.250. The van der Waals surface area contributed by atoms with E-state index in [2.05, 4.69) is 15.1 Å². The monoisotopic (exact) mass is 431 g/mol. The molecule has 0 spiro atoms. The molecule has 1 N–H and O–H groups in total. The number of morpholine rings is 2. The van der Waals surface area contributed by atoms with Crippen LogP contribution in [0.1, 0.15) is 6.92 Å². The Morgan fingerprint density at radius 1 is 0.806 bits per heavy atom. The highest BCUT2D eigenvalue weighted by atomic mass is 16.5. The Kier molecular flexibility index (Phi) is 7.26. The van der Waals surface area contributed by atoms with Crippen LogP contribution in [-0.4, -0.2) is 111 Å². The molecule has 170 valence electrons. The highest BCUT2D eigenvalue weighted by molar-refractivity contribution is 5.94. The van der Waals surface area contributed by atoms with E-state index in [1.807, 2.05) is 41.0 Å². The molecule has 1 unspecified atom stereocenters. The van der Waals surface area contributed by atoms with Crippen LogP contribution in [0.4, 0.5) is 16.2 Å². The number of amides is 3. The summed E-state index contributed by atoms with van der Waals surface area (Å²) in [5, 5.41) is 3.03. The summed E-state index contributed by atoms with van der Waals surface area (Å²) in [6, 6.07) is 7.83. The number of piperazine rings is 1. The van der Waals surface area contributed by atoms with E-state index < -0.39 is 0 Å². The zero-order valence-corrected chi connectivity index (χ0v) is 18.3. The first-order valence-electron chi connectivity index (χ1n) is 11.2. The van der Waals surface area contributed by atoms with Crippen molar-refractivity contribution >= 4 is 23.3 Å². The van der Waals surface area contributed by atoms with Gasteiger partial charge in [-0.05, 0) is 31.2 Å². The number of hydrogen-bond donors (Lipinski definition) is 1. The predicted octanol–water partition coefficient (Wildman–Crippen LogP) is 0.920. The van der Waals surface area contributed by atoms with Crippen molar-refractivity contribution < 1.29 is 19.1 Å². The van der Waals surface area contributed by atoms with Crippen LogP contribution in [0.25, 0.3) is 0 Å². The number of urea groups is 1. The Morgan fingerprint density at radius 2 is 1.35 bits per heavy atom. The average Bonchev–Trinajstić information content (AvgIpc) is 2.85. The molecule has 4 rings (SSSR count). The molecule has 0 aromatic heterocycles. The molecule has 3 amide bonds. The maximum absolute atomic E-state index is 12.8. The third-order valence-electron chi connectivity index (χ3n) is 6.30. The van der Waals surface area contributed by atoms with Crippen LogP contribution in [0.2, 0.25) is 0 Å². The third kappa shape index (κ3) is 5.47. The molecule has 3 aliphatic rings. The van der Waals surface area contributed by atoms with E-state index in [4.69, 9.17) is 9.47 Å². The van der Waals surface area contributed by atoms with E-state index in [0.717, 1.165) is 37.7 Å². The van der Waals surface area contributed by atoms with Gasteiger partial charge in [-0.25, -0.2) is 4.79 Å². The van der Waals surface area contributed by atoms with Crippen LogP contribution >= 0.6 is 0 Å². The number of carbonyl (C=O) groups is 2. The number of nitrogens with zero attached hydrogens (tertiary/aromatic N) is 4. The highest BCUT2D eigenvalue weighted by Gasteiger charge is 2.30. The summed E-state index contributed by atoms with van der Waals surface area (Å²) in [5.41, 5.74) is 1.95. The Hall–Kier alpha value is -2.36. The van der Waals surface area contributed by atoms with E-state index >= 15 is 0 Å². The van der Waals surface area contributed by atoms with Crippen molar-refractivity contribution in [3.63, 3.8) is 0 Å². The molecule has 1 atom stereocenters. The zero-order chi connectivity index (χ0) is 21.6. The lowest BCUT2D eigenvalue weighted by molar-refractivity contribution is -0.121. The summed E-state index contributed by atoms with van der Waals surface area (Å²) in [6.07, 6.45) is 0. The maximum atomic E-state index is 12.8. The molecule has 0 aliphatic carbocycles. The van der Waals surface area contributed by atoms with E-state index in [9.17, 15) is 9.59 Å². The molecule has 1 aromatic rings. The minimum Gasteiger partial charge on any atom is -0.378 e. The Labute approximate surface area is 183 Å². The second kappa shape index (κ2) is 10.3. The fraction of sp³-hybridized carbons (Fsp3) is 0.636. The van der Waals surface area contributed by atoms with Crippen molar-refractivity contribution in [1.82, 2.24) is 14.7 Å². The Balaban J connectivity index is 1.24. The van der Waals surface area contributed by atoms with Gasteiger partial charge in [0.05, 0.1) is 32.5 Å². The zero-order valence-electron chi connectivity index (χ0n) is 18.3. The van der Waals surface area contributed by atoms with Gasteiger partial charge in [-0.3, -0.25) is 9.69 Å². The second-order valence-electron chi connectivity index (χ2n) is 8.22. The number of ether oxygens (including phenoxy) is 2. The van der Waals surface area contributed by atoms with E-state index in [0.29, 0.717) is 52.5 Å². The molecule has 0 radical (unpaired) electrons. The minimum absolute atomic E-state index is 0.0212. The molecular formula is C22H33N5O4. The standard InChI is InChI=1S/C22H33N5O4/c1-18(24-6-8-26(9-7-24)22(29)27-12-16-31-17-13-27)21(28)23-19-2-4-20(5-3-19)25-10-14-30-15-11-25/h2-5,18H,6-17H2,1H3,(H,23,28). The first-order chi connectivity index (χ1) is 15.1. The van der Waals surface area contributed by atoms with E-state index in [1.54, 1.807) is 0 Å². The molecule has 3 saturated heterocycles. The van der Waals surface area contributed by atoms with Gasteiger partial charge in [0, 0.05) is 63.7 Å². The van der Waals surface area contributed by atoms with Gasteiger partial charge < -0.3 is 29.5 Å². The van der Waals surface area contributed by atoms with Crippen LogP contribution in [0.15, 0.2) is 24.3 Å². The maximum Gasteiger partial charge on any atom is 0.320 e. The fourth-order valence-electron chi connectivity index (χ4n) is 4.24. The van der Waals surface area contributed by atoms with Gasteiger partial charge in [0.25, 0.3) is 0 Å². The predicted molar refractivity (Wildman–Crippen MR) is 118 cm³/mol. The highest BCUT2D eigenvalue weighted by Crippen LogP contribution is 2.20. The van der Waals surface area contributed by atoms with Gasteiger partial charge >= 0.3 is 6.03 Å². The topological polar surface area (TPSA) is 77.6 Å². The first-order valence-corrected chi connectivity index (χ1v) is 11.2. The summed E-state index contributed by atoms with van der Waals surface area (Å²) in [6.45, 7) is 10.4. The molecule has 0 saturated carbocycles. The van der Waals surface area contributed by atoms with Crippen molar-refractivity contribution in [3.8, 4) is 0 Å². The van der Waals surface area contributed by atoms with E-state index in [-0.39, 0.29) is 18.0 Å². The second-order valence-corrected chi connectivity index (χ2v) is 8.22. The summed E-state index contributed by atoms with van der Waals surface area (Å²) < 4.78 is 10.7. The molecule has 9 heteroatoms. The van der Waals surface area contributed by atoms with Crippen molar-refractivity contribution in [2.75, 3.05) is 89.0 Å². The van der Waals surface area contributed by atoms with Gasteiger partial charge in [0.2, 0.25) is 5.91 Å². The van der Waals surface area contributed by atoms with Gasteiger partial charge in [-0.1, -0.05) is 0 Å². The number of nitrogens with one attached hydrogen (secondary N) is 1. The number of carbonyl (C=O) groups excluding carboxylic acids is 2. The molecule has 3 heterocycles. The van der Waals surface area contributed by atoms with Crippen LogP contribution < -0.4 is 10.2 Å². The molecule has 9 nitrogen and oxygen atoms in total. The van der Waals surface area contributed by atoms with Crippen LogP contribution in [-0.2, 0) is 14.3 Å². The molecule has 0 bridgehead atoms. The number of benzene rings is 1. The van der Waals surface area contributed by atoms with E-state index in [1.165, 1.54) is 0 Å². The Bertz CT molecular complexity index is 739. The summed E-state index contributed by atoms with van der Waals surface area (Å²) in [4.78, 5) is 33.6. The third-order valence-corrected chi connectivity index (χ3v) is 6.30. The van der Waals surface area contributed by atoms with Crippen molar-refractivity contribution in [2.45, 2.75) is 13.0 Å². The summed E-state index contributed by atoms with van der Waals surface area (Å²) in [5.74, 6) is -0.0212. The van der Waals surface area contributed by atoms with Gasteiger partial charge in [0.1, 0.15) is 0 Å². The van der Waals surface area contributed by atoms with Crippen molar-refractivity contribution in [1.29, 1.82) is 0 Å². The molecular weight excluding hydrogens is 398 g/mol. The lowest BCUT2D eigenvalue weighted by atomic mass is 10.2. The molecule has 31 heavy (non-hydrogen) atoms. The Morgan fingerprint density at radius 3 is 1.97 bits per heavy atom. The number of hydrogen-bond acceptors (Lipinski definition) is 6. The normalized spacial score (nSPS) is 21.6. The number of anilines is 2. The average molecular weight is 432 g/mol. The quantitative estimate of drug-likeness (QED) is 0.764. The lowest BCUT2D eigenvalue weighted by Crippen LogP contribution is -2.57. The first kappa shape index (κ1) is 21.9. The fourth-order valence-corrected chi connectivity index (χ4v) is 4.24. The summed E-state index contributed by atoms with van der Waals surface area (Å²) >= 11 is 0. The van der Waals surface area contributed by atoms with Gasteiger partial charge in [-0.2, -0.15) is 0 Å². The summed E-state index contributed by atoms with van der Waals surface area (Å²) in [7, 11) is 0. The van der Waals surface area contributed by atoms with Gasteiger partial charge in [-0.15, -0.1) is 0 Å². The smallest absolute Gasteiger partial charge is 0.320 e. The molecule has 3 fully saturated rings. The van der Waals surface area contributed by atoms with Gasteiger partial charge in [0.15, 0.2) is 0 Å². The van der Waals surface area contributed by atoms with Crippen molar-refractivity contribution in [2.24, 2.45) is 0 Å². The van der Waals surface area contributed by atoms with Crippen LogP contribution in [0, 0.1) is 0 Å². The van der Waals surface area contributed by atoms with Crippen molar-refractivity contribution in [3.05, 3.63) is 24.3 Å².